The Balaban J connectivity index is 1.41. The average molecular weight is 551 g/mol. The lowest BCUT2D eigenvalue weighted by molar-refractivity contribution is -0.136. The molecule has 2 aromatic rings. The van der Waals surface area contributed by atoms with Crippen LogP contribution in [0.3, 0.4) is 0 Å². The van der Waals surface area contributed by atoms with E-state index in [4.69, 9.17) is 4.98 Å². The summed E-state index contributed by atoms with van der Waals surface area (Å²) in [6.45, 7) is 0.903. The van der Waals surface area contributed by atoms with E-state index < -0.39 is 29.0 Å². The van der Waals surface area contributed by atoms with Gasteiger partial charge in [0.05, 0.1) is 12.2 Å². The summed E-state index contributed by atoms with van der Waals surface area (Å²) in [5, 5.41) is -0.476. The summed E-state index contributed by atoms with van der Waals surface area (Å²) in [5.74, 6) is 0.404. The molecule has 1 aromatic heterocycles. The maximum atomic E-state index is 13.6. The minimum Gasteiger partial charge on any atom is -0.607 e. The number of imidazole rings is 1. The van der Waals surface area contributed by atoms with Gasteiger partial charge in [0, 0.05) is 67.9 Å². The lowest BCUT2D eigenvalue weighted by Gasteiger charge is -2.25. The van der Waals surface area contributed by atoms with E-state index in [-0.39, 0.29) is 43.6 Å². The molecule has 1 unspecified atom stereocenters. The Labute approximate surface area is 223 Å². The van der Waals surface area contributed by atoms with E-state index >= 15 is 0 Å². The van der Waals surface area contributed by atoms with E-state index in [1.54, 1.807) is 9.80 Å². The van der Waals surface area contributed by atoms with Gasteiger partial charge in [-0.3, -0.25) is 9.69 Å². The molecule has 1 aliphatic heterocycles. The van der Waals surface area contributed by atoms with Crippen molar-refractivity contribution in [3.05, 3.63) is 47.0 Å². The quantitative estimate of drug-likeness (QED) is 0.479. The first-order chi connectivity index (χ1) is 18.2. The number of anilines is 1. The van der Waals surface area contributed by atoms with E-state index in [2.05, 4.69) is 0 Å². The second-order valence-electron chi connectivity index (χ2n) is 10.4. The molecule has 0 spiro atoms. The van der Waals surface area contributed by atoms with Crippen molar-refractivity contribution in [3.8, 4) is 0 Å². The van der Waals surface area contributed by atoms with Crippen LogP contribution in [0.2, 0.25) is 0 Å². The van der Waals surface area contributed by atoms with Crippen LogP contribution >= 0.6 is 0 Å². The van der Waals surface area contributed by atoms with Crippen molar-refractivity contribution < 1.29 is 27.3 Å². The number of carbonyl (C=O) groups excluding carboxylic acids is 2. The number of aryl methyl sites for hydroxylation is 1. The number of benzene rings is 1. The van der Waals surface area contributed by atoms with Gasteiger partial charge in [-0.25, -0.2) is 9.78 Å². The molecule has 2 aliphatic carbocycles. The molecule has 2 amide bonds. The molecule has 5 rings (SSSR count). The lowest BCUT2D eigenvalue weighted by Crippen LogP contribution is -2.40. The fourth-order valence-electron chi connectivity index (χ4n) is 5.38. The molecule has 0 radical (unpaired) electrons. The van der Waals surface area contributed by atoms with E-state index in [1.807, 2.05) is 28.8 Å². The van der Waals surface area contributed by atoms with Gasteiger partial charge in [0.15, 0.2) is 0 Å². The fraction of sp³-hybridized carbons (Fsp3) is 0.593. The van der Waals surface area contributed by atoms with Crippen LogP contribution in [0.5, 0.6) is 0 Å². The van der Waals surface area contributed by atoms with E-state index in [1.165, 1.54) is 0 Å². The van der Waals surface area contributed by atoms with Crippen molar-refractivity contribution in [2.24, 2.45) is 0 Å². The summed E-state index contributed by atoms with van der Waals surface area (Å²) in [7, 11) is 0. The number of hydrogen-bond donors (Lipinski definition) is 0. The van der Waals surface area contributed by atoms with Gasteiger partial charge >= 0.3 is 11.4 Å². The highest BCUT2D eigenvalue weighted by Gasteiger charge is 2.42. The number of para-hydroxylation sites is 1. The Bertz CT molecular complexity index is 1180. The highest BCUT2D eigenvalue weighted by molar-refractivity contribution is 8.06. The van der Waals surface area contributed by atoms with Crippen molar-refractivity contribution in [2.75, 3.05) is 18.0 Å². The first-order valence-corrected chi connectivity index (χ1v) is 14.6. The minimum atomic E-state index is -4.22. The molecule has 38 heavy (non-hydrogen) atoms. The summed E-state index contributed by atoms with van der Waals surface area (Å²) < 4.78 is 53.1. The number of aromatic nitrogens is 2. The molecule has 2 heterocycles. The monoisotopic (exact) mass is 550 g/mol. The minimum absolute atomic E-state index is 0.0426. The Morgan fingerprint density at radius 3 is 2.58 bits per heavy atom. The van der Waals surface area contributed by atoms with Crippen LogP contribution in [0.1, 0.15) is 67.7 Å². The molecule has 3 aliphatic rings. The van der Waals surface area contributed by atoms with Gasteiger partial charge in [0.1, 0.15) is 11.1 Å². The van der Waals surface area contributed by atoms with Crippen LogP contribution in [0.4, 0.5) is 23.7 Å². The van der Waals surface area contributed by atoms with Crippen molar-refractivity contribution in [2.45, 2.75) is 88.7 Å². The number of fused-ring (bicyclic) bond motifs is 2. The van der Waals surface area contributed by atoms with E-state index in [0.717, 1.165) is 61.2 Å². The summed E-state index contributed by atoms with van der Waals surface area (Å²) in [5.41, 5.74) is 3.51. The Morgan fingerprint density at radius 2 is 1.82 bits per heavy atom. The molecule has 0 N–H and O–H groups in total. The molecule has 1 aromatic carbocycles. The molecule has 206 valence electrons. The smallest absolute Gasteiger partial charge is 0.429 e. The number of alkyl halides is 3. The highest BCUT2D eigenvalue weighted by Crippen LogP contribution is 2.32. The van der Waals surface area contributed by atoms with E-state index in [0.29, 0.717) is 18.8 Å². The van der Waals surface area contributed by atoms with Crippen molar-refractivity contribution in [1.29, 1.82) is 0 Å². The molecule has 0 bridgehead atoms. The zero-order chi connectivity index (χ0) is 26.9. The predicted molar refractivity (Wildman–Crippen MR) is 138 cm³/mol. The SMILES string of the molecule is O=C1CCN(C(=O)[S+]([O-])C2CC2)CCc2ccccc2N1Cc1nc2c(n1CCCC(F)(F)F)CCCC2. The van der Waals surface area contributed by atoms with E-state index in [9.17, 15) is 27.3 Å². The molecule has 11 heteroatoms. The molecule has 7 nitrogen and oxygen atoms in total. The number of rotatable bonds is 6. The topological polar surface area (TPSA) is 81.5 Å². The van der Waals surface area contributed by atoms with Crippen LogP contribution < -0.4 is 4.90 Å². The first-order valence-electron chi connectivity index (χ1n) is 13.4. The summed E-state index contributed by atoms with van der Waals surface area (Å²) in [4.78, 5) is 34.5. The summed E-state index contributed by atoms with van der Waals surface area (Å²) in [6.07, 6.45) is 0.545. The van der Waals surface area contributed by atoms with Crippen molar-refractivity contribution >= 4 is 28.0 Å². The Hall–Kier alpha value is -2.53. The van der Waals surface area contributed by atoms with Crippen LogP contribution in [-0.4, -0.2) is 54.7 Å². The first kappa shape index (κ1) is 27.1. The predicted octanol–water partition coefficient (Wildman–Crippen LogP) is 4.92. The van der Waals surface area contributed by atoms with Crippen molar-refractivity contribution in [3.63, 3.8) is 0 Å². The van der Waals surface area contributed by atoms with Gasteiger partial charge < -0.3 is 14.0 Å². The van der Waals surface area contributed by atoms with Gasteiger partial charge in [-0.05, 0) is 50.2 Å². The largest absolute Gasteiger partial charge is 0.607 e. The number of carbonyl (C=O) groups is 2. The van der Waals surface area contributed by atoms with Crippen molar-refractivity contribution in [1.82, 2.24) is 14.5 Å². The molecule has 0 saturated heterocycles. The standard InChI is InChI=1S/C27H33F3N4O3S/c28-27(29,30)14-5-15-33-23-9-4-2-7-21(23)31-24(33)18-34-22-8-3-1-6-19(22)12-16-32(17-13-25(34)35)26(36)38(37)20-10-11-20/h1,3,6,8,20H,2,4-5,7,9-18H2. The van der Waals surface area contributed by atoms with Crippen LogP contribution in [0, 0.1) is 0 Å². The third-order valence-electron chi connectivity index (χ3n) is 7.54. The summed E-state index contributed by atoms with van der Waals surface area (Å²) >= 11 is -1.57. The average Bonchev–Trinajstić information content (AvgIpc) is 3.68. The van der Waals surface area contributed by atoms with Crippen LogP contribution in [-0.2, 0) is 48.3 Å². The number of amides is 2. The zero-order valence-electron chi connectivity index (χ0n) is 21.3. The van der Waals surface area contributed by atoms with Gasteiger partial charge in [0.25, 0.3) is 0 Å². The van der Waals surface area contributed by atoms with Gasteiger partial charge in [-0.15, -0.1) is 0 Å². The third kappa shape index (κ3) is 6.20. The molecular formula is C27H33F3N4O3S. The maximum absolute atomic E-state index is 13.6. The van der Waals surface area contributed by atoms with Gasteiger partial charge in [-0.1, -0.05) is 18.2 Å². The lowest BCUT2D eigenvalue weighted by atomic mass is 10.0. The number of nitrogens with zero attached hydrogens (tertiary/aromatic N) is 4. The second-order valence-corrected chi connectivity index (χ2v) is 12.0. The van der Waals surface area contributed by atoms with Gasteiger partial charge in [0.2, 0.25) is 5.91 Å². The molecular weight excluding hydrogens is 517 g/mol. The Kier molecular flexibility index (Phi) is 8.04. The second kappa shape index (κ2) is 11.3. The molecule has 1 saturated carbocycles. The number of halogens is 3. The normalized spacial score (nSPS) is 19.3. The van der Waals surface area contributed by atoms with Gasteiger partial charge in [-0.2, -0.15) is 13.2 Å². The molecule has 1 atom stereocenters. The summed E-state index contributed by atoms with van der Waals surface area (Å²) in [6, 6.07) is 7.51. The third-order valence-corrected chi connectivity index (χ3v) is 9.22. The zero-order valence-corrected chi connectivity index (χ0v) is 22.2. The molecule has 1 fully saturated rings. The fourth-order valence-corrected chi connectivity index (χ4v) is 6.67. The number of hydrogen-bond acceptors (Lipinski definition) is 4. The maximum Gasteiger partial charge on any atom is 0.429 e. The van der Waals surface area contributed by atoms with Crippen LogP contribution in [0.25, 0.3) is 0 Å². The highest BCUT2D eigenvalue weighted by atomic mass is 32.2. The van der Waals surface area contributed by atoms with Crippen LogP contribution in [0.15, 0.2) is 24.3 Å². The Morgan fingerprint density at radius 1 is 1.08 bits per heavy atom.